The molecule has 0 saturated heterocycles. The highest BCUT2D eigenvalue weighted by Gasteiger charge is 2.39. The lowest BCUT2D eigenvalue weighted by atomic mass is 9.97. The number of aliphatic imine (C=N–C) groups is 2. The van der Waals surface area contributed by atoms with Crippen molar-refractivity contribution in [3.05, 3.63) is 90.0 Å². The van der Waals surface area contributed by atoms with E-state index in [1.807, 2.05) is 42.5 Å². The smallest absolute Gasteiger partial charge is 0.490 e. The molecule has 0 bridgehead atoms. The quantitative estimate of drug-likeness (QED) is 0.0403. The maximum atomic E-state index is 14.0. The Hall–Kier alpha value is -7.60. The number of carbonyl (C=O) groups is 6. The monoisotopic (exact) mass is 940 g/mol. The number of hydrogen-bond donors (Lipinski definition) is 11. The standard InChI is InChI=1S/C37H48N10O5.2C2HF3O2/c38-36(39)42-18-4-9-25-14-15-27(20-23-12-16-28(48)17-13-23)45-32(49)22-44-34(51)31(21-26-8-3-7-24-6-1-2-10-29(24)26)47-35(52)30(46-33(25)50)11-5-19-43-37(40)41;2*3-2(4,5)1(6)7/h1-3,6-8,10,12-17,25,27,30-31,48H,4-5,9,11,18-22H2,(H,44,51)(H,45,49)(H,46,50)(H,47,52)(H4,38,39,42)(H4,40,41,43);2*(H,6,7)/b15-14+;;/t25-,27-,30-,31-;;/m0../s1. The fourth-order valence-corrected chi connectivity index (χ4v) is 5.93. The average molecular weight is 941 g/mol. The second-order valence-corrected chi connectivity index (χ2v) is 14.2. The summed E-state index contributed by atoms with van der Waals surface area (Å²) in [4.78, 5) is 80.7. The van der Waals surface area contributed by atoms with Crippen molar-refractivity contribution < 1.29 is 70.4 Å². The highest BCUT2D eigenvalue weighted by atomic mass is 19.4. The number of phenols is 1. The number of carboxylic acids is 2. The molecule has 0 aromatic heterocycles. The zero-order valence-corrected chi connectivity index (χ0v) is 34.9. The number of nitrogens with two attached hydrogens (primary N) is 4. The lowest BCUT2D eigenvalue weighted by molar-refractivity contribution is -0.193. The SMILES string of the molecule is NC(N)=NCCC[C@H]1/C=C/[C@@H](Cc2ccc(O)cc2)NC(=O)CNC(=O)[C@H](Cc2cccc3ccccc23)NC(=O)[C@H](CCCN=C(N)N)NC1=O.O=C(O)C(F)(F)F.O=C(O)C(F)(F)F. The topological polar surface area (TPSA) is 340 Å². The number of amides is 4. The number of carboxylic acid groups (broad SMARTS) is 2. The van der Waals surface area contributed by atoms with Crippen LogP contribution in [0.25, 0.3) is 10.8 Å². The molecular formula is C41H50F6N10O9. The predicted molar refractivity (Wildman–Crippen MR) is 228 cm³/mol. The van der Waals surface area contributed by atoms with E-state index in [9.17, 15) is 50.6 Å². The van der Waals surface area contributed by atoms with E-state index in [0.717, 1.165) is 21.9 Å². The van der Waals surface area contributed by atoms with Crippen LogP contribution < -0.4 is 44.2 Å². The highest BCUT2D eigenvalue weighted by molar-refractivity contribution is 5.95. The summed E-state index contributed by atoms with van der Waals surface area (Å²) in [5, 5.41) is 37.2. The van der Waals surface area contributed by atoms with Crippen LogP contribution in [0.2, 0.25) is 0 Å². The van der Waals surface area contributed by atoms with Crippen molar-refractivity contribution in [1.29, 1.82) is 0 Å². The van der Waals surface area contributed by atoms with Crippen LogP contribution in [0.3, 0.4) is 0 Å². The molecule has 4 amide bonds. The van der Waals surface area contributed by atoms with Crippen LogP contribution in [0.15, 0.2) is 88.9 Å². The van der Waals surface area contributed by atoms with Gasteiger partial charge in [-0.05, 0) is 66.1 Å². The second-order valence-electron chi connectivity index (χ2n) is 14.2. The van der Waals surface area contributed by atoms with E-state index in [-0.39, 0.29) is 50.1 Å². The first-order valence-electron chi connectivity index (χ1n) is 19.7. The summed E-state index contributed by atoms with van der Waals surface area (Å²) >= 11 is 0. The summed E-state index contributed by atoms with van der Waals surface area (Å²) in [6, 6.07) is 17.2. The first kappa shape index (κ1) is 54.5. The summed E-state index contributed by atoms with van der Waals surface area (Å²) in [5.74, 6) is -8.39. The van der Waals surface area contributed by atoms with E-state index in [4.69, 9.17) is 42.7 Å². The zero-order valence-electron chi connectivity index (χ0n) is 34.9. The number of phenolic OH excluding ortho intramolecular Hbond substituents is 1. The Morgan fingerprint density at radius 1 is 0.652 bits per heavy atom. The van der Waals surface area contributed by atoms with Gasteiger partial charge in [0.15, 0.2) is 11.9 Å². The molecule has 0 spiro atoms. The molecule has 4 rings (SSSR count). The van der Waals surface area contributed by atoms with E-state index >= 15 is 0 Å². The number of aromatic hydroxyl groups is 1. The molecule has 0 saturated carbocycles. The molecule has 1 aliphatic heterocycles. The normalized spacial score (nSPS) is 18.6. The zero-order chi connectivity index (χ0) is 49.6. The van der Waals surface area contributed by atoms with Crippen LogP contribution in [0.1, 0.15) is 36.8 Å². The summed E-state index contributed by atoms with van der Waals surface area (Å²) in [6.45, 7) is 0.137. The lowest BCUT2D eigenvalue weighted by Crippen LogP contribution is -2.55. The fraction of sp³-hybridized carbons (Fsp3) is 0.366. The number of hydrogen-bond acceptors (Lipinski definition) is 9. The van der Waals surface area contributed by atoms with Crippen molar-refractivity contribution in [2.75, 3.05) is 19.6 Å². The minimum absolute atomic E-state index is 0.0718. The van der Waals surface area contributed by atoms with Crippen molar-refractivity contribution in [3.63, 3.8) is 0 Å². The number of fused-ring (bicyclic) bond motifs is 1. The molecule has 3 aromatic carbocycles. The number of nitrogens with zero attached hydrogens (tertiary/aromatic N) is 2. The third-order valence-corrected chi connectivity index (χ3v) is 9.04. The first-order valence-corrected chi connectivity index (χ1v) is 19.7. The number of alkyl halides is 6. The molecule has 3 aromatic rings. The number of aliphatic carboxylic acids is 2. The van der Waals surface area contributed by atoms with Crippen molar-refractivity contribution in [3.8, 4) is 5.75 Å². The minimum Gasteiger partial charge on any atom is -0.508 e. The third kappa shape index (κ3) is 20.7. The maximum Gasteiger partial charge on any atom is 0.490 e. The Morgan fingerprint density at radius 2 is 1.18 bits per heavy atom. The molecule has 0 aliphatic carbocycles. The summed E-state index contributed by atoms with van der Waals surface area (Å²) in [7, 11) is 0. The van der Waals surface area contributed by atoms with Gasteiger partial charge < -0.3 is 59.5 Å². The highest BCUT2D eigenvalue weighted by Crippen LogP contribution is 2.21. The van der Waals surface area contributed by atoms with Crippen molar-refractivity contribution in [1.82, 2.24) is 21.3 Å². The summed E-state index contributed by atoms with van der Waals surface area (Å²) in [6.07, 6.45) is -5.02. The van der Waals surface area contributed by atoms with E-state index in [1.165, 1.54) is 0 Å². The molecule has 66 heavy (non-hydrogen) atoms. The molecule has 1 heterocycles. The molecular weight excluding hydrogens is 891 g/mol. The fourth-order valence-electron chi connectivity index (χ4n) is 5.93. The summed E-state index contributed by atoms with van der Waals surface area (Å²) < 4.78 is 63.5. The Kier molecular flexibility index (Phi) is 21.7. The van der Waals surface area contributed by atoms with E-state index in [0.29, 0.717) is 25.7 Å². The van der Waals surface area contributed by atoms with Gasteiger partial charge in [-0.3, -0.25) is 29.2 Å². The number of benzene rings is 3. The van der Waals surface area contributed by atoms with Gasteiger partial charge in [-0.25, -0.2) is 9.59 Å². The van der Waals surface area contributed by atoms with Crippen molar-refractivity contribution in [2.24, 2.45) is 38.8 Å². The molecule has 4 atom stereocenters. The lowest BCUT2D eigenvalue weighted by Gasteiger charge is -2.24. The number of carbonyl (C=O) groups excluding carboxylic acids is 4. The van der Waals surface area contributed by atoms with Gasteiger partial charge in [0.2, 0.25) is 23.6 Å². The summed E-state index contributed by atoms with van der Waals surface area (Å²) in [5.41, 5.74) is 23.6. The van der Waals surface area contributed by atoms with Gasteiger partial charge in [-0.15, -0.1) is 0 Å². The maximum absolute atomic E-state index is 14.0. The number of nitrogens with one attached hydrogen (secondary N) is 4. The van der Waals surface area contributed by atoms with E-state index < -0.39 is 72.0 Å². The van der Waals surface area contributed by atoms with E-state index in [1.54, 1.807) is 36.4 Å². The van der Waals surface area contributed by atoms with Gasteiger partial charge in [-0.2, -0.15) is 26.3 Å². The first-order chi connectivity index (χ1) is 30.9. The Balaban J connectivity index is 0.000000923. The molecule has 25 heteroatoms. The minimum atomic E-state index is -5.08. The number of rotatable bonds is 12. The van der Waals surface area contributed by atoms with Gasteiger partial charge in [0.05, 0.1) is 18.5 Å². The third-order valence-electron chi connectivity index (χ3n) is 9.04. The van der Waals surface area contributed by atoms with Crippen LogP contribution in [-0.4, -0.2) is 113 Å². The van der Waals surface area contributed by atoms with Gasteiger partial charge >= 0.3 is 24.3 Å². The van der Waals surface area contributed by atoms with Crippen LogP contribution in [0.4, 0.5) is 26.3 Å². The second kappa shape index (κ2) is 26.3. The molecule has 360 valence electrons. The van der Waals surface area contributed by atoms with E-state index in [2.05, 4.69) is 31.3 Å². The van der Waals surface area contributed by atoms with Crippen LogP contribution in [0, 0.1) is 5.92 Å². The predicted octanol–water partition coefficient (Wildman–Crippen LogP) is 1.46. The molecule has 15 N–H and O–H groups in total. The van der Waals surface area contributed by atoms with Crippen LogP contribution >= 0.6 is 0 Å². The molecule has 0 radical (unpaired) electrons. The Bertz CT molecular complexity index is 2180. The molecule has 0 fully saturated rings. The van der Waals surface area contributed by atoms with Crippen LogP contribution in [-0.2, 0) is 41.6 Å². The Morgan fingerprint density at radius 3 is 1.74 bits per heavy atom. The average Bonchev–Trinajstić information content (AvgIpc) is 3.23. The molecule has 1 aliphatic rings. The largest absolute Gasteiger partial charge is 0.508 e. The van der Waals surface area contributed by atoms with Gasteiger partial charge in [0.25, 0.3) is 0 Å². The molecule has 19 nitrogen and oxygen atoms in total. The molecule has 0 unspecified atom stereocenters. The Labute approximate surface area is 372 Å². The van der Waals surface area contributed by atoms with Gasteiger partial charge in [0.1, 0.15) is 17.8 Å². The van der Waals surface area contributed by atoms with Crippen molar-refractivity contribution >= 4 is 58.3 Å². The van der Waals surface area contributed by atoms with Crippen molar-refractivity contribution in [2.45, 2.75) is 69.0 Å². The number of halogens is 6. The van der Waals surface area contributed by atoms with Crippen LogP contribution in [0.5, 0.6) is 5.75 Å². The number of guanidine groups is 2. The van der Waals surface area contributed by atoms with Gasteiger partial charge in [0, 0.05) is 19.5 Å². The van der Waals surface area contributed by atoms with Gasteiger partial charge in [-0.1, -0.05) is 66.7 Å².